The van der Waals surface area contributed by atoms with Crippen LogP contribution in [0.15, 0.2) is 39.7 Å². The van der Waals surface area contributed by atoms with Gasteiger partial charge in [-0.3, -0.25) is 0 Å². The van der Waals surface area contributed by atoms with E-state index in [1.807, 2.05) is 19.1 Å². The minimum atomic E-state index is -3.52. The van der Waals surface area contributed by atoms with Gasteiger partial charge in [0.15, 0.2) is 0 Å². The Hall–Kier alpha value is -1.71. The van der Waals surface area contributed by atoms with Gasteiger partial charge in [0.05, 0.1) is 4.90 Å². The van der Waals surface area contributed by atoms with Gasteiger partial charge in [0.2, 0.25) is 16.0 Å². The molecule has 0 spiro atoms. The van der Waals surface area contributed by atoms with Gasteiger partial charge in [0.25, 0.3) is 0 Å². The number of benzene rings is 1. The van der Waals surface area contributed by atoms with E-state index in [9.17, 15) is 8.42 Å². The summed E-state index contributed by atoms with van der Waals surface area (Å²) >= 11 is 3.35. The van der Waals surface area contributed by atoms with Crippen molar-refractivity contribution in [1.82, 2.24) is 14.3 Å². The molecule has 0 atom stereocenters. The Bertz CT molecular complexity index is 955. The highest BCUT2D eigenvalue weighted by Crippen LogP contribution is 2.27. The molecule has 150 valence electrons. The van der Waals surface area contributed by atoms with Gasteiger partial charge in [-0.15, -0.1) is 0 Å². The smallest absolute Gasteiger partial charge is 0.244 e. The molecule has 0 N–H and O–H groups in total. The average molecular weight is 466 g/mol. The predicted molar refractivity (Wildman–Crippen MR) is 113 cm³/mol. The van der Waals surface area contributed by atoms with E-state index in [1.54, 1.807) is 22.5 Å². The molecule has 2 aliphatic rings. The van der Waals surface area contributed by atoms with E-state index >= 15 is 0 Å². The van der Waals surface area contributed by atoms with Gasteiger partial charge in [-0.2, -0.15) is 9.29 Å². The summed E-state index contributed by atoms with van der Waals surface area (Å²) in [4.78, 5) is 14.1. The van der Waals surface area contributed by atoms with Gasteiger partial charge in [0, 0.05) is 55.5 Å². The normalized spacial score (nSPS) is 18.6. The third kappa shape index (κ3) is 3.88. The van der Waals surface area contributed by atoms with E-state index in [4.69, 9.17) is 4.98 Å². The largest absolute Gasteiger partial charge is 0.356 e. The molecule has 3 heterocycles. The van der Waals surface area contributed by atoms with Gasteiger partial charge >= 0.3 is 0 Å². The summed E-state index contributed by atoms with van der Waals surface area (Å²) in [5.41, 5.74) is 0.940. The molecule has 1 aromatic heterocycles. The van der Waals surface area contributed by atoms with Gasteiger partial charge in [-0.25, -0.2) is 13.4 Å². The van der Waals surface area contributed by atoms with E-state index in [1.165, 1.54) is 12.8 Å². The summed E-state index contributed by atoms with van der Waals surface area (Å²) in [6.45, 7) is 6.04. The molecule has 9 heteroatoms. The van der Waals surface area contributed by atoms with E-state index < -0.39 is 10.0 Å². The lowest BCUT2D eigenvalue weighted by atomic mass is 10.3. The zero-order valence-electron chi connectivity index (χ0n) is 15.9. The molecule has 7 nitrogen and oxygen atoms in total. The van der Waals surface area contributed by atoms with Crippen LogP contribution in [0.25, 0.3) is 0 Å². The summed E-state index contributed by atoms with van der Waals surface area (Å²) in [6, 6.07) is 8.98. The molecule has 4 rings (SSSR count). The number of hydrogen-bond donors (Lipinski definition) is 0. The predicted octanol–water partition coefficient (Wildman–Crippen LogP) is 2.66. The van der Waals surface area contributed by atoms with Crippen molar-refractivity contribution in [2.45, 2.75) is 24.7 Å². The second kappa shape index (κ2) is 7.96. The maximum absolute atomic E-state index is 13.0. The molecule has 2 aliphatic heterocycles. The summed E-state index contributed by atoms with van der Waals surface area (Å²) in [7, 11) is -3.52. The fourth-order valence-electron chi connectivity index (χ4n) is 3.71. The number of hydrogen-bond acceptors (Lipinski definition) is 6. The first-order valence-electron chi connectivity index (χ1n) is 9.55. The second-order valence-electron chi connectivity index (χ2n) is 7.18. The number of piperazine rings is 1. The van der Waals surface area contributed by atoms with E-state index in [-0.39, 0.29) is 0 Å². The van der Waals surface area contributed by atoms with E-state index in [2.05, 4.69) is 30.7 Å². The van der Waals surface area contributed by atoms with Crippen molar-refractivity contribution in [2.24, 2.45) is 0 Å². The highest BCUT2D eigenvalue weighted by Gasteiger charge is 2.30. The Morgan fingerprint density at radius 2 is 1.61 bits per heavy atom. The van der Waals surface area contributed by atoms with Crippen molar-refractivity contribution in [2.75, 3.05) is 49.1 Å². The molecule has 0 radical (unpaired) electrons. The lowest BCUT2D eigenvalue weighted by molar-refractivity contribution is 0.382. The minimum absolute atomic E-state index is 0.312. The van der Waals surface area contributed by atoms with Gasteiger partial charge in [-0.05, 0) is 47.8 Å². The number of aryl methyl sites for hydroxylation is 1. The van der Waals surface area contributed by atoms with Gasteiger partial charge in [-0.1, -0.05) is 12.1 Å². The quantitative estimate of drug-likeness (QED) is 0.690. The minimum Gasteiger partial charge on any atom is -0.356 e. The van der Waals surface area contributed by atoms with Crippen LogP contribution in [0.5, 0.6) is 0 Å². The highest BCUT2D eigenvalue weighted by molar-refractivity contribution is 9.10. The molecule has 0 saturated carbocycles. The topological polar surface area (TPSA) is 69.6 Å². The Kier molecular flexibility index (Phi) is 5.57. The molecule has 0 amide bonds. The van der Waals surface area contributed by atoms with Crippen LogP contribution in [-0.4, -0.2) is 62.0 Å². The molecular weight excluding hydrogens is 442 g/mol. The van der Waals surface area contributed by atoms with Crippen LogP contribution in [0.4, 0.5) is 11.8 Å². The summed E-state index contributed by atoms with van der Waals surface area (Å²) < 4.78 is 28.1. The lowest BCUT2D eigenvalue weighted by Gasteiger charge is -2.34. The number of nitrogens with zero attached hydrogens (tertiary/aromatic N) is 5. The maximum Gasteiger partial charge on any atom is 0.244 e. The average Bonchev–Trinajstić information content (AvgIpc) is 3.23. The highest BCUT2D eigenvalue weighted by atomic mass is 79.9. The first-order chi connectivity index (χ1) is 13.4. The number of anilines is 2. The van der Waals surface area contributed by atoms with Crippen LogP contribution in [-0.2, 0) is 10.0 Å². The number of sulfonamides is 1. The summed E-state index contributed by atoms with van der Waals surface area (Å²) in [5, 5.41) is 0. The monoisotopic (exact) mass is 465 g/mol. The first kappa shape index (κ1) is 19.6. The van der Waals surface area contributed by atoms with Crippen molar-refractivity contribution in [3.8, 4) is 0 Å². The molecule has 2 fully saturated rings. The SMILES string of the molecule is Cc1cc(N2CCCC2)nc(N2CCN(S(=O)(=O)c3ccccc3Br)CC2)n1. The van der Waals surface area contributed by atoms with Crippen LogP contribution < -0.4 is 9.80 Å². The Morgan fingerprint density at radius 1 is 0.929 bits per heavy atom. The van der Waals surface area contributed by atoms with Crippen LogP contribution in [0.3, 0.4) is 0 Å². The molecule has 0 aliphatic carbocycles. The first-order valence-corrected chi connectivity index (χ1v) is 11.8. The molecule has 0 unspecified atom stereocenters. The van der Waals surface area contributed by atoms with Crippen molar-refractivity contribution >= 4 is 37.7 Å². The molecule has 0 bridgehead atoms. The van der Waals surface area contributed by atoms with Gasteiger partial charge in [0.1, 0.15) is 5.82 Å². The van der Waals surface area contributed by atoms with Crippen LogP contribution >= 0.6 is 15.9 Å². The fourth-order valence-corrected chi connectivity index (χ4v) is 6.09. The third-order valence-corrected chi connectivity index (χ3v) is 8.15. The summed E-state index contributed by atoms with van der Waals surface area (Å²) in [6.07, 6.45) is 2.40. The van der Waals surface area contributed by atoms with Crippen LogP contribution in [0, 0.1) is 6.92 Å². The Morgan fingerprint density at radius 3 is 2.29 bits per heavy atom. The maximum atomic E-state index is 13.0. The standard InChI is InChI=1S/C19H24BrN5O2S/c1-15-14-18(23-8-4-5-9-23)22-19(21-15)24-10-12-25(13-11-24)28(26,27)17-7-3-2-6-16(17)20/h2-3,6-7,14H,4-5,8-13H2,1H3. The van der Waals surface area contributed by atoms with Gasteiger partial charge < -0.3 is 9.80 Å². The van der Waals surface area contributed by atoms with Crippen molar-refractivity contribution in [1.29, 1.82) is 0 Å². The van der Waals surface area contributed by atoms with Crippen molar-refractivity contribution < 1.29 is 8.42 Å². The van der Waals surface area contributed by atoms with Crippen molar-refractivity contribution in [3.05, 3.63) is 40.5 Å². The molecule has 2 saturated heterocycles. The zero-order chi connectivity index (χ0) is 19.7. The second-order valence-corrected chi connectivity index (χ2v) is 9.94. The lowest BCUT2D eigenvalue weighted by Crippen LogP contribution is -2.49. The Balaban J connectivity index is 1.49. The van der Waals surface area contributed by atoms with Crippen LogP contribution in [0.1, 0.15) is 18.5 Å². The number of rotatable bonds is 4. The fraction of sp³-hybridized carbons (Fsp3) is 0.474. The number of halogens is 1. The molecule has 1 aromatic carbocycles. The van der Waals surface area contributed by atoms with Crippen LogP contribution in [0.2, 0.25) is 0 Å². The molecule has 2 aromatic rings. The van der Waals surface area contributed by atoms with E-state index in [0.717, 1.165) is 24.6 Å². The van der Waals surface area contributed by atoms with E-state index in [0.29, 0.717) is 41.5 Å². The zero-order valence-corrected chi connectivity index (χ0v) is 18.3. The third-order valence-electron chi connectivity index (χ3n) is 5.23. The number of aromatic nitrogens is 2. The Labute approximate surface area is 174 Å². The summed E-state index contributed by atoms with van der Waals surface area (Å²) in [5.74, 6) is 1.67. The molecule has 28 heavy (non-hydrogen) atoms. The molecular formula is C19H24BrN5O2S. The van der Waals surface area contributed by atoms with Crippen molar-refractivity contribution in [3.63, 3.8) is 0 Å².